The molecule has 0 fully saturated rings. The van der Waals surface area contributed by atoms with Gasteiger partial charge in [-0.25, -0.2) is 9.59 Å². The van der Waals surface area contributed by atoms with Crippen LogP contribution in [0.5, 0.6) is 0 Å². The minimum atomic E-state index is -1.57. The third-order valence-electron chi connectivity index (χ3n) is 3.90. The van der Waals surface area contributed by atoms with Crippen LogP contribution >= 0.6 is 0 Å². The molecule has 0 rings (SSSR count). The lowest BCUT2D eigenvalue weighted by Gasteiger charge is -2.24. The van der Waals surface area contributed by atoms with Crippen molar-refractivity contribution in [2.45, 2.75) is 24.9 Å². The maximum absolute atomic E-state index is 11.1. The van der Waals surface area contributed by atoms with Gasteiger partial charge in [-0.15, -0.1) is 0 Å². The van der Waals surface area contributed by atoms with Gasteiger partial charge in [-0.05, 0) is 0 Å². The van der Waals surface area contributed by atoms with Crippen molar-refractivity contribution in [2.75, 3.05) is 52.7 Å². The van der Waals surface area contributed by atoms with Gasteiger partial charge in [0, 0.05) is 19.6 Å². The van der Waals surface area contributed by atoms with Gasteiger partial charge in [-0.3, -0.25) is 24.1 Å². The van der Waals surface area contributed by atoms with Crippen LogP contribution in [0.4, 0.5) is 0 Å². The van der Waals surface area contributed by atoms with Gasteiger partial charge in [0.25, 0.3) is 19.4 Å². The number of carboxylic acids is 3. The highest BCUT2D eigenvalue weighted by molar-refractivity contribution is 5.79. The first-order chi connectivity index (χ1) is 16.2. The smallest absolute Gasteiger partial charge is 0.336 e. The molecule has 0 aromatic rings. The van der Waals surface area contributed by atoms with Crippen molar-refractivity contribution in [3.8, 4) is 0 Å². The van der Waals surface area contributed by atoms with Crippen LogP contribution in [0, 0.1) is 0 Å². The molecule has 0 aliphatic heterocycles. The molecule has 0 saturated heterocycles. The van der Waals surface area contributed by atoms with Crippen LogP contribution in [0.3, 0.4) is 0 Å². The summed E-state index contributed by atoms with van der Waals surface area (Å²) in [5.41, 5.74) is 0. The van der Waals surface area contributed by atoms with Crippen LogP contribution in [0.15, 0.2) is 0 Å². The molecule has 0 aliphatic carbocycles. The van der Waals surface area contributed by atoms with Crippen LogP contribution in [-0.4, -0.2) is 129 Å². The van der Waals surface area contributed by atoms with Gasteiger partial charge in [0.1, 0.15) is 6.61 Å². The largest absolute Gasteiger partial charge is 0.481 e. The summed E-state index contributed by atoms with van der Waals surface area (Å²) in [7, 11) is 0. The number of carbonyl (C=O) groups excluding carboxylic acids is 3. The van der Waals surface area contributed by atoms with E-state index in [1.54, 1.807) is 4.90 Å². The molecule has 0 saturated carbocycles. The summed E-state index contributed by atoms with van der Waals surface area (Å²) >= 11 is 0. The number of ether oxygens (including phenoxy) is 6. The van der Waals surface area contributed by atoms with Crippen molar-refractivity contribution in [2.24, 2.45) is 0 Å². The maximum atomic E-state index is 11.1. The van der Waals surface area contributed by atoms with Gasteiger partial charge in [0.05, 0.1) is 26.2 Å². The van der Waals surface area contributed by atoms with Crippen LogP contribution in [0.1, 0.15) is 6.42 Å². The standard InChI is InChI=1S/C18H27NO15/c20-10-29-8-14(18(27)28)32-5-2-19(1-4-31-13(17(25)26)7-15(23)24)3-6-33-16(34-12-22)9-30-11-21/h10-14,16H,1-9H2,(H,23,24)(H,25,26)(H,27,28). The molecule has 0 radical (unpaired) electrons. The topological polar surface area (TPSA) is 222 Å². The fourth-order valence-electron chi connectivity index (χ4n) is 2.30. The molecule has 194 valence electrons. The first-order valence-corrected chi connectivity index (χ1v) is 9.69. The summed E-state index contributed by atoms with van der Waals surface area (Å²) in [6, 6.07) is 0. The number of aliphatic carboxylic acids is 3. The molecular weight excluding hydrogens is 470 g/mol. The highest BCUT2D eigenvalue weighted by Gasteiger charge is 2.23. The van der Waals surface area contributed by atoms with E-state index in [1.165, 1.54) is 0 Å². The molecule has 3 atom stereocenters. The molecule has 0 bridgehead atoms. The minimum absolute atomic E-state index is 0.0583. The molecular formula is C18H27NO15. The van der Waals surface area contributed by atoms with Gasteiger partial charge in [-0.1, -0.05) is 0 Å². The average Bonchev–Trinajstić information content (AvgIpc) is 2.77. The predicted octanol–water partition coefficient (Wildman–Crippen LogP) is -2.44. The van der Waals surface area contributed by atoms with E-state index in [0.717, 1.165) is 0 Å². The number of carbonyl (C=O) groups is 6. The average molecular weight is 497 g/mol. The Kier molecular flexibility index (Phi) is 17.3. The van der Waals surface area contributed by atoms with Crippen molar-refractivity contribution < 1.29 is 72.5 Å². The van der Waals surface area contributed by atoms with Crippen molar-refractivity contribution in [1.29, 1.82) is 0 Å². The summed E-state index contributed by atoms with van der Waals surface area (Å²) in [5.74, 6) is -4.17. The summed E-state index contributed by atoms with van der Waals surface area (Å²) in [5, 5.41) is 26.8. The number of hydrogen-bond donors (Lipinski definition) is 3. The molecule has 0 aromatic carbocycles. The van der Waals surface area contributed by atoms with Gasteiger partial charge >= 0.3 is 17.9 Å². The molecule has 3 N–H and O–H groups in total. The van der Waals surface area contributed by atoms with Crippen LogP contribution in [0.25, 0.3) is 0 Å². The van der Waals surface area contributed by atoms with Gasteiger partial charge < -0.3 is 43.7 Å². The molecule has 3 unspecified atom stereocenters. The highest BCUT2D eigenvalue weighted by atomic mass is 16.7. The fraction of sp³-hybridized carbons (Fsp3) is 0.667. The Morgan fingerprint density at radius 2 is 1.21 bits per heavy atom. The Morgan fingerprint density at radius 1 is 0.706 bits per heavy atom. The summed E-state index contributed by atoms with van der Waals surface area (Å²) in [6.45, 7) is -0.746. The molecule has 16 heteroatoms. The molecule has 0 amide bonds. The van der Waals surface area contributed by atoms with Crippen LogP contribution < -0.4 is 0 Å². The lowest BCUT2D eigenvalue weighted by atomic mass is 10.2. The third kappa shape index (κ3) is 15.5. The summed E-state index contributed by atoms with van der Waals surface area (Å²) < 4.78 is 29.0. The minimum Gasteiger partial charge on any atom is -0.481 e. The maximum Gasteiger partial charge on any atom is 0.336 e. The van der Waals surface area contributed by atoms with Crippen molar-refractivity contribution >= 4 is 37.3 Å². The Morgan fingerprint density at radius 3 is 1.68 bits per heavy atom. The van der Waals surface area contributed by atoms with E-state index in [2.05, 4.69) is 14.2 Å². The molecule has 0 aliphatic rings. The van der Waals surface area contributed by atoms with Crippen LogP contribution in [0.2, 0.25) is 0 Å². The second-order valence-corrected chi connectivity index (χ2v) is 6.23. The normalized spacial score (nSPS) is 13.3. The fourth-order valence-corrected chi connectivity index (χ4v) is 2.30. The van der Waals surface area contributed by atoms with E-state index < -0.39 is 49.4 Å². The van der Waals surface area contributed by atoms with E-state index in [0.29, 0.717) is 0 Å². The Balaban J connectivity index is 4.87. The summed E-state index contributed by atoms with van der Waals surface area (Å²) in [4.78, 5) is 65.5. The van der Waals surface area contributed by atoms with E-state index in [1.807, 2.05) is 0 Å². The molecule has 34 heavy (non-hydrogen) atoms. The number of rotatable bonds is 24. The molecule has 0 heterocycles. The lowest BCUT2D eigenvalue weighted by Crippen LogP contribution is -2.38. The Bertz CT molecular complexity index is 643. The second kappa shape index (κ2) is 19.2. The van der Waals surface area contributed by atoms with E-state index >= 15 is 0 Å². The third-order valence-corrected chi connectivity index (χ3v) is 3.90. The zero-order valence-electron chi connectivity index (χ0n) is 18.0. The Hall–Kier alpha value is -3.34. The Labute approximate surface area is 193 Å². The first-order valence-electron chi connectivity index (χ1n) is 9.69. The molecule has 0 spiro atoms. The lowest BCUT2D eigenvalue weighted by molar-refractivity contribution is -0.180. The van der Waals surface area contributed by atoms with Crippen LogP contribution in [-0.2, 0) is 57.2 Å². The van der Waals surface area contributed by atoms with Crippen molar-refractivity contribution in [3.05, 3.63) is 0 Å². The van der Waals surface area contributed by atoms with Crippen molar-refractivity contribution in [1.82, 2.24) is 4.90 Å². The predicted molar refractivity (Wildman–Crippen MR) is 104 cm³/mol. The number of hydrogen-bond acceptors (Lipinski definition) is 13. The summed E-state index contributed by atoms with van der Waals surface area (Å²) in [6.07, 6.45) is -4.92. The van der Waals surface area contributed by atoms with E-state index in [-0.39, 0.29) is 65.5 Å². The quantitative estimate of drug-likeness (QED) is 0.0716. The van der Waals surface area contributed by atoms with Gasteiger partial charge in [0.15, 0.2) is 18.8 Å². The SMILES string of the molecule is O=COCC(OC=O)OCCN(CCOC(COC=O)C(=O)O)CCOC(CC(=O)O)C(=O)O. The van der Waals surface area contributed by atoms with Gasteiger partial charge in [-0.2, -0.15) is 0 Å². The zero-order valence-corrected chi connectivity index (χ0v) is 18.0. The second-order valence-electron chi connectivity index (χ2n) is 6.23. The monoisotopic (exact) mass is 497 g/mol. The van der Waals surface area contributed by atoms with E-state index in [4.69, 9.17) is 29.5 Å². The number of nitrogens with zero attached hydrogens (tertiary/aromatic N) is 1. The zero-order chi connectivity index (χ0) is 25.8. The first kappa shape index (κ1) is 30.7. The molecule has 0 aromatic heterocycles. The molecule has 16 nitrogen and oxygen atoms in total. The van der Waals surface area contributed by atoms with E-state index in [9.17, 15) is 28.8 Å². The van der Waals surface area contributed by atoms with Gasteiger partial charge in [0.2, 0.25) is 6.29 Å². The van der Waals surface area contributed by atoms with Crippen molar-refractivity contribution in [3.63, 3.8) is 0 Å². The highest BCUT2D eigenvalue weighted by Crippen LogP contribution is 2.02. The number of carboxylic acid groups (broad SMARTS) is 3.